The molecular weight excluding hydrogens is 346 g/mol. The van der Waals surface area contributed by atoms with Gasteiger partial charge in [-0.3, -0.25) is 10.1 Å². The lowest BCUT2D eigenvalue weighted by atomic mass is 10.1. The maximum atomic E-state index is 11.5. The topological polar surface area (TPSA) is 105 Å². The van der Waals surface area contributed by atoms with E-state index in [1.165, 1.54) is 11.3 Å². The average molecular weight is 365 g/mol. The third-order valence-corrected chi connectivity index (χ3v) is 5.63. The Morgan fingerprint density at radius 3 is 2.60 bits per heavy atom. The second-order valence-corrected chi connectivity index (χ2v) is 7.23. The second kappa shape index (κ2) is 6.70. The van der Waals surface area contributed by atoms with Crippen molar-refractivity contribution >= 4 is 38.3 Å². The van der Waals surface area contributed by atoms with Crippen molar-refractivity contribution in [3.05, 3.63) is 16.2 Å². The number of pyridine rings is 1. The maximum Gasteiger partial charge on any atom is 0.313 e. The molecule has 0 aliphatic carbocycles. The first-order valence-corrected chi connectivity index (χ1v) is 9.15. The summed E-state index contributed by atoms with van der Waals surface area (Å²) in [5.41, 5.74) is 0.541. The maximum absolute atomic E-state index is 11.5. The van der Waals surface area contributed by atoms with Crippen molar-refractivity contribution in [2.45, 2.75) is 18.9 Å². The number of hydrogen-bond donors (Lipinski definition) is 1. The van der Waals surface area contributed by atoms with Crippen LogP contribution in [0.4, 0.5) is 16.6 Å². The first kappa shape index (κ1) is 16.4. The zero-order valence-electron chi connectivity index (χ0n) is 13.6. The number of aliphatic hydroxyl groups is 1. The summed E-state index contributed by atoms with van der Waals surface area (Å²) in [6.07, 6.45) is 0.839. The Bertz CT molecular complexity index is 784. The minimum absolute atomic E-state index is 0.000988. The van der Waals surface area contributed by atoms with Gasteiger partial charge in [0.25, 0.3) is 0 Å². The molecule has 2 fully saturated rings. The summed E-state index contributed by atoms with van der Waals surface area (Å²) in [4.78, 5) is 24.2. The number of aromatic nitrogens is 2. The molecule has 2 aliphatic rings. The summed E-state index contributed by atoms with van der Waals surface area (Å²) < 4.78 is 6.07. The number of anilines is 2. The van der Waals surface area contributed by atoms with Crippen molar-refractivity contribution in [3.63, 3.8) is 0 Å². The molecule has 1 N–H and O–H groups in total. The summed E-state index contributed by atoms with van der Waals surface area (Å²) in [6.45, 7) is 3.95. The molecule has 4 heterocycles. The number of rotatable bonds is 3. The van der Waals surface area contributed by atoms with E-state index < -0.39 is 0 Å². The Kier molecular flexibility index (Phi) is 4.40. The molecule has 0 unspecified atom stereocenters. The van der Waals surface area contributed by atoms with E-state index in [0.717, 1.165) is 18.2 Å². The molecule has 0 atom stereocenters. The Hall–Kier alpha value is -2.04. The van der Waals surface area contributed by atoms with Crippen molar-refractivity contribution in [1.82, 2.24) is 9.97 Å². The summed E-state index contributed by atoms with van der Waals surface area (Å²) in [5.74, 6) is 0.350. The van der Waals surface area contributed by atoms with E-state index in [2.05, 4.69) is 14.9 Å². The molecule has 2 saturated heterocycles. The predicted octanol–water partition coefficient (Wildman–Crippen LogP) is 1.40. The zero-order valence-corrected chi connectivity index (χ0v) is 14.4. The molecule has 134 valence electrons. The number of morpholine rings is 1. The van der Waals surface area contributed by atoms with E-state index in [9.17, 15) is 15.2 Å². The number of hydrogen-bond acceptors (Lipinski definition) is 9. The molecule has 2 aliphatic heterocycles. The smallest absolute Gasteiger partial charge is 0.313 e. The molecule has 2 aromatic rings. The highest BCUT2D eigenvalue weighted by atomic mass is 32.1. The van der Waals surface area contributed by atoms with Crippen molar-refractivity contribution < 1.29 is 14.8 Å². The fraction of sp³-hybridized carbons (Fsp3) is 0.600. The minimum atomic E-state index is -0.388. The summed E-state index contributed by atoms with van der Waals surface area (Å²) >= 11 is 1.42. The van der Waals surface area contributed by atoms with Crippen LogP contribution in [0.25, 0.3) is 10.3 Å². The molecule has 10 heteroatoms. The lowest BCUT2D eigenvalue weighted by molar-refractivity contribution is -0.384. The van der Waals surface area contributed by atoms with Crippen molar-refractivity contribution in [3.8, 4) is 0 Å². The Balaban J connectivity index is 1.71. The van der Waals surface area contributed by atoms with Gasteiger partial charge in [0.15, 0.2) is 10.8 Å². The molecule has 2 aromatic heterocycles. The Morgan fingerprint density at radius 2 is 1.92 bits per heavy atom. The van der Waals surface area contributed by atoms with Crippen LogP contribution in [0.3, 0.4) is 0 Å². The van der Waals surface area contributed by atoms with E-state index in [-0.39, 0.29) is 16.7 Å². The van der Waals surface area contributed by atoms with Crippen LogP contribution >= 0.6 is 11.3 Å². The number of nitro groups is 1. The van der Waals surface area contributed by atoms with E-state index in [4.69, 9.17) is 4.74 Å². The van der Waals surface area contributed by atoms with Gasteiger partial charge >= 0.3 is 5.69 Å². The molecule has 4 rings (SSSR count). The quantitative estimate of drug-likeness (QED) is 0.643. The highest BCUT2D eigenvalue weighted by Gasteiger charge is 2.27. The number of aliphatic hydroxyl groups excluding tert-OH is 1. The van der Waals surface area contributed by atoms with Crippen LogP contribution in [-0.2, 0) is 4.74 Å². The molecular formula is C15H19N5O4S. The van der Waals surface area contributed by atoms with E-state index in [1.54, 1.807) is 6.07 Å². The molecule has 0 radical (unpaired) electrons. The van der Waals surface area contributed by atoms with Crippen molar-refractivity contribution in [2.75, 3.05) is 49.2 Å². The van der Waals surface area contributed by atoms with Gasteiger partial charge in [-0.05, 0) is 12.8 Å². The standard InChI is InChI=1S/C15H19N5O4S/c21-10-1-3-18(4-2-10)14-11(20(22)23)9-12-13(16-14)17-15(25-12)19-5-7-24-8-6-19/h9-10,21H,1-8H2. The van der Waals surface area contributed by atoms with Gasteiger partial charge in [-0.1, -0.05) is 11.3 Å². The number of ether oxygens (including phenoxy) is 1. The molecule has 0 spiro atoms. The first-order valence-electron chi connectivity index (χ1n) is 8.33. The van der Waals surface area contributed by atoms with E-state index >= 15 is 0 Å². The van der Waals surface area contributed by atoms with Crippen molar-refractivity contribution in [1.29, 1.82) is 0 Å². The minimum Gasteiger partial charge on any atom is -0.393 e. The summed E-state index contributed by atoms with van der Waals surface area (Å²) in [6, 6.07) is 1.57. The molecule has 0 saturated carbocycles. The molecule has 0 bridgehead atoms. The number of nitrogens with zero attached hydrogens (tertiary/aromatic N) is 5. The van der Waals surface area contributed by atoms with Crippen LogP contribution in [0.5, 0.6) is 0 Å². The average Bonchev–Trinajstić information content (AvgIpc) is 3.05. The van der Waals surface area contributed by atoms with Crippen LogP contribution in [0.2, 0.25) is 0 Å². The van der Waals surface area contributed by atoms with Crippen LogP contribution < -0.4 is 9.80 Å². The Morgan fingerprint density at radius 1 is 1.20 bits per heavy atom. The lowest BCUT2D eigenvalue weighted by Gasteiger charge is -2.29. The SMILES string of the molecule is O=[N+]([O-])c1cc2sc(N3CCOCC3)nc2nc1N1CCC(O)CC1. The van der Waals surface area contributed by atoms with Gasteiger partial charge in [-0.2, -0.15) is 4.98 Å². The predicted molar refractivity (Wildman–Crippen MR) is 94.6 cm³/mol. The van der Waals surface area contributed by atoms with Crippen LogP contribution in [-0.4, -0.2) is 65.5 Å². The van der Waals surface area contributed by atoms with Gasteiger partial charge in [-0.25, -0.2) is 4.98 Å². The van der Waals surface area contributed by atoms with E-state index in [1.807, 2.05) is 4.90 Å². The largest absolute Gasteiger partial charge is 0.393 e. The second-order valence-electron chi connectivity index (χ2n) is 6.22. The number of piperidine rings is 1. The zero-order chi connectivity index (χ0) is 17.4. The van der Waals surface area contributed by atoms with Gasteiger partial charge in [-0.15, -0.1) is 0 Å². The Labute approximate surface area is 148 Å². The summed E-state index contributed by atoms with van der Waals surface area (Å²) in [7, 11) is 0. The van der Waals surface area contributed by atoms with Gasteiger partial charge in [0.1, 0.15) is 0 Å². The van der Waals surface area contributed by atoms with Gasteiger partial charge in [0, 0.05) is 32.2 Å². The van der Waals surface area contributed by atoms with Crippen LogP contribution in [0.1, 0.15) is 12.8 Å². The van der Waals surface area contributed by atoms with Crippen LogP contribution in [0.15, 0.2) is 6.07 Å². The van der Waals surface area contributed by atoms with Gasteiger partial charge in [0.05, 0.1) is 28.9 Å². The fourth-order valence-corrected chi connectivity index (χ4v) is 4.16. The van der Waals surface area contributed by atoms with Gasteiger partial charge in [0.2, 0.25) is 5.82 Å². The molecule has 0 aromatic carbocycles. The monoisotopic (exact) mass is 365 g/mol. The normalized spacial score (nSPS) is 19.6. The van der Waals surface area contributed by atoms with Crippen LogP contribution in [0, 0.1) is 10.1 Å². The first-order chi connectivity index (χ1) is 12.1. The third kappa shape index (κ3) is 3.24. The molecule has 9 nitrogen and oxygen atoms in total. The van der Waals surface area contributed by atoms with E-state index in [0.29, 0.717) is 55.3 Å². The lowest BCUT2D eigenvalue weighted by Crippen LogP contribution is -2.36. The van der Waals surface area contributed by atoms with Gasteiger partial charge < -0.3 is 19.6 Å². The summed E-state index contributed by atoms with van der Waals surface area (Å²) in [5, 5.41) is 22.0. The number of fused-ring (bicyclic) bond motifs is 1. The third-order valence-electron chi connectivity index (χ3n) is 4.57. The molecule has 0 amide bonds. The van der Waals surface area contributed by atoms with Crippen molar-refractivity contribution in [2.24, 2.45) is 0 Å². The molecule has 25 heavy (non-hydrogen) atoms. The highest BCUT2D eigenvalue weighted by molar-refractivity contribution is 7.22. The number of thiazole rings is 1. The fourth-order valence-electron chi connectivity index (χ4n) is 3.17. The highest BCUT2D eigenvalue weighted by Crippen LogP contribution is 2.36.